The number of rotatable bonds is 5. The van der Waals surface area contributed by atoms with Crippen LogP contribution in [-0.4, -0.2) is 44.2 Å². The highest BCUT2D eigenvalue weighted by Gasteiger charge is 2.27. The summed E-state index contributed by atoms with van der Waals surface area (Å²) in [6.45, 7) is 1.30. The zero-order chi connectivity index (χ0) is 21.4. The second-order valence-corrected chi connectivity index (χ2v) is 7.37. The van der Waals surface area contributed by atoms with Crippen LogP contribution in [0.5, 0.6) is 0 Å². The molecule has 0 saturated carbocycles. The topological polar surface area (TPSA) is 115 Å². The Balaban J connectivity index is 1.93. The molecule has 30 heavy (non-hydrogen) atoms. The van der Waals surface area contributed by atoms with Crippen molar-refractivity contribution >= 4 is 45.3 Å². The van der Waals surface area contributed by atoms with Crippen LogP contribution in [0.3, 0.4) is 0 Å². The van der Waals surface area contributed by atoms with Crippen LogP contribution < -0.4 is 5.32 Å². The Kier molecular flexibility index (Phi) is 5.15. The van der Waals surface area contributed by atoms with Gasteiger partial charge in [0, 0.05) is 21.9 Å². The molecule has 7 nitrogen and oxygen atoms in total. The highest BCUT2D eigenvalue weighted by molar-refractivity contribution is 6.33. The summed E-state index contributed by atoms with van der Waals surface area (Å²) >= 11 is 6.39. The molecule has 2 aromatic carbocycles. The summed E-state index contributed by atoms with van der Waals surface area (Å²) in [7, 11) is 0. The molecule has 8 heteroatoms. The van der Waals surface area contributed by atoms with E-state index in [9.17, 15) is 19.8 Å². The molecule has 0 spiro atoms. The van der Waals surface area contributed by atoms with Crippen molar-refractivity contribution in [2.45, 2.75) is 19.1 Å². The first-order valence-electron chi connectivity index (χ1n) is 9.25. The van der Waals surface area contributed by atoms with Gasteiger partial charge in [0.15, 0.2) is 6.04 Å². The fraction of sp³-hybridized carbons (Fsp3) is 0.136. The number of H-pyrrole nitrogens is 1. The number of amides is 1. The lowest BCUT2D eigenvalue weighted by molar-refractivity contribution is -0.141. The largest absolute Gasteiger partial charge is 0.480 e. The third-order valence-corrected chi connectivity index (χ3v) is 5.22. The number of carbonyl (C=O) groups excluding carboxylic acids is 1. The number of aliphatic hydroxyl groups is 1. The fourth-order valence-corrected chi connectivity index (χ4v) is 3.64. The van der Waals surface area contributed by atoms with Gasteiger partial charge in [0.05, 0.1) is 22.3 Å². The third-order valence-electron chi connectivity index (χ3n) is 4.89. The van der Waals surface area contributed by atoms with Crippen LogP contribution in [-0.2, 0) is 4.79 Å². The number of carbonyl (C=O) groups is 2. The number of pyridine rings is 1. The minimum atomic E-state index is -1.46. The van der Waals surface area contributed by atoms with Crippen molar-refractivity contribution in [2.24, 2.45) is 0 Å². The Labute approximate surface area is 176 Å². The summed E-state index contributed by atoms with van der Waals surface area (Å²) in [6.07, 6.45) is -1.27. The number of fused-ring (bicyclic) bond motifs is 3. The highest BCUT2D eigenvalue weighted by atomic mass is 35.5. The summed E-state index contributed by atoms with van der Waals surface area (Å²) in [5.41, 5.74) is 2.71. The summed E-state index contributed by atoms with van der Waals surface area (Å²) in [4.78, 5) is 32.0. The van der Waals surface area contributed by atoms with E-state index >= 15 is 0 Å². The van der Waals surface area contributed by atoms with E-state index in [4.69, 9.17) is 11.6 Å². The maximum absolute atomic E-state index is 12.8. The first kappa shape index (κ1) is 19.9. The molecule has 0 saturated heterocycles. The number of halogens is 1. The number of hydrogen-bond donors (Lipinski definition) is 4. The molecule has 0 radical (unpaired) electrons. The van der Waals surface area contributed by atoms with Gasteiger partial charge in [-0.05, 0) is 25.1 Å². The number of nitrogens with one attached hydrogen (secondary N) is 2. The molecule has 2 heterocycles. The molecule has 0 bridgehead atoms. The summed E-state index contributed by atoms with van der Waals surface area (Å²) in [5, 5.41) is 23.4. The van der Waals surface area contributed by atoms with E-state index in [1.54, 1.807) is 24.3 Å². The van der Waals surface area contributed by atoms with Gasteiger partial charge in [0.2, 0.25) is 0 Å². The van der Waals surface area contributed by atoms with Gasteiger partial charge in [0.1, 0.15) is 5.69 Å². The minimum Gasteiger partial charge on any atom is -0.480 e. The van der Waals surface area contributed by atoms with E-state index in [-0.39, 0.29) is 5.69 Å². The molecular weight excluding hydrogens is 406 g/mol. The molecule has 2 unspecified atom stereocenters. The first-order valence-corrected chi connectivity index (χ1v) is 9.62. The highest BCUT2D eigenvalue weighted by Crippen LogP contribution is 2.35. The molecule has 0 fully saturated rings. The standard InChI is InChI=1S/C22H18ClN3O4/c1-11(27)18(22(29)30)26-21(28)17-10-14-12-6-3-5-9-16(12)24-20(14)19(25-17)13-7-2-4-8-15(13)23/h2-11,18,24,27H,1H3,(H,26,28)(H,29,30). The van der Waals surface area contributed by atoms with Crippen molar-refractivity contribution < 1.29 is 19.8 Å². The maximum Gasteiger partial charge on any atom is 0.328 e. The van der Waals surface area contributed by atoms with Gasteiger partial charge in [-0.3, -0.25) is 4.79 Å². The summed E-state index contributed by atoms with van der Waals surface area (Å²) in [5.74, 6) is -2.04. The third kappa shape index (κ3) is 3.49. The second kappa shape index (κ2) is 7.78. The van der Waals surface area contributed by atoms with E-state index in [0.717, 1.165) is 16.3 Å². The predicted molar refractivity (Wildman–Crippen MR) is 115 cm³/mol. The van der Waals surface area contributed by atoms with Crippen LogP contribution in [0.25, 0.3) is 33.1 Å². The average molecular weight is 424 g/mol. The van der Waals surface area contributed by atoms with Crippen molar-refractivity contribution in [1.82, 2.24) is 15.3 Å². The van der Waals surface area contributed by atoms with E-state index in [2.05, 4.69) is 15.3 Å². The molecule has 2 aromatic heterocycles. The molecule has 0 aliphatic rings. The van der Waals surface area contributed by atoms with Gasteiger partial charge >= 0.3 is 5.97 Å². The molecule has 0 aliphatic carbocycles. The lowest BCUT2D eigenvalue weighted by atomic mass is 10.1. The molecule has 152 valence electrons. The minimum absolute atomic E-state index is 0.0223. The quantitative estimate of drug-likeness (QED) is 0.391. The van der Waals surface area contributed by atoms with E-state index < -0.39 is 24.0 Å². The van der Waals surface area contributed by atoms with Crippen LogP contribution in [0.1, 0.15) is 17.4 Å². The molecular formula is C22H18ClN3O4. The summed E-state index contributed by atoms with van der Waals surface area (Å²) < 4.78 is 0. The molecule has 2 atom stereocenters. The number of aromatic amines is 1. The van der Waals surface area contributed by atoms with Crippen molar-refractivity contribution in [2.75, 3.05) is 0 Å². The van der Waals surface area contributed by atoms with E-state index in [1.807, 2.05) is 30.3 Å². The van der Waals surface area contributed by atoms with E-state index in [1.165, 1.54) is 6.92 Å². The number of carboxylic acid groups (broad SMARTS) is 1. The summed E-state index contributed by atoms with van der Waals surface area (Å²) in [6, 6.07) is 14.9. The zero-order valence-electron chi connectivity index (χ0n) is 15.9. The number of para-hydroxylation sites is 1. The molecule has 4 aromatic rings. The molecule has 4 N–H and O–H groups in total. The Morgan fingerprint density at radius 2 is 1.80 bits per heavy atom. The number of aliphatic hydroxyl groups excluding tert-OH is 1. The van der Waals surface area contributed by atoms with Crippen molar-refractivity contribution in [3.63, 3.8) is 0 Å². The fourth-order valence-electron chi connectivity index (χ4n) is 3.41. The monoisotopic (exact) mass is 423 g/mol. The maximum atomic E-state index is 12.8. The van der Waals surface area contributed by atoms with Crippen LogP contribution in [0.15, 0.2) is 54.6 Å². The van der Waals surface area contributed by atoms with Gasteiger partial charge < -0.3 is 20.5 Å². The molecule has 1 amide bonds. The van der Waals surface area contributed by atoms with Gasteiger partial charge in [-0.2, -0.15) is 0 Å². The second-order valence-electron chi connectivity index (χ2n) is 6.96. The predicted octanol–water partition coefficient (Wildman–Crippen LogP) is 3.60. The Morgan fingerprint density at radius 3 is 2.50 bits per heavy atom. The van der Waals surface area contributed by atoms with Gasteiger partial charge in [0.25, 0.3) is 5.91 Å². The van der Waals surface area contributed by atoms with Crippen molar-refractivity contribution in [3.05, 3.63) is 65.3 Å². The van der Waals surface area contributed by atoms with Crippen LogP contribution >= 0.6 is 11.6 Å². The SMILES string of the molecule is CC(O)C(NC(=O)c1cc2c([nH]c3ccccc32)c(-c2ccccc2Cl)n1)C(=O)O. The number of carboxylic acids is 1. The van der Waals surface area contributed by atoms with Gasteiger partial charge in [-0.1, -0.05) is 48.0 Å². The number of aromatic nitrogens is 2. The van der Waals surface area contributed by atoms with Gasteiger partial charge in [-0.25, -0.2) is 9.78 Å². The van der Waals surface area contributed by atoms with Crippen LogP contribution in [0.4, 0.5) is 0 Å². The first-order chi connectivity index (χ1) is 14.4. The normalized spacial score (nSPS) is 13.3. The Bertz CT molecular complexity index is 1280. The van der Waals surface area contributed by atoms with Crippen molar-refractivity contribution in [1.29, 1.82) is 0 Å². The smallest absolute Gasteiger partial charge is 0.328 e. The Morgan fingerprint density at radius 1 is 1.10 bits per heavy atom. The Hall–Kier alpha value is -3.42. The van der Waals surface area contributed by atoms with Crippen LogP contribution in [0, 0.1) is 0 Å². The lowest BCUT2D eigenvalue weighted by Crippen LogP contribution is -2.47. The zero-order valence-corrected chi connectivity index (χ0v) is 16.6. The van der Waals surface area contributed by atoms with Gasteiger partial charge in [-0.15, -0.1) is 0 Å². The number of benzene rings is 2. The lowest BCUT2D eigenvalue weighted by Gasteiger charge is -2.17. The number of nitrogens with zero attached hydrogens (tertiary/aromatic N) is 1. The van der Waals surface area contributed by atoms with E-state index in [0.29, 0.717) is 21.8 Å². The molecule has 4 rings (SSSR count). The molecule has 0 aliphatic heterocycles. The van der Waals surface area contributed by atoms with Crippen LogP contribution in [0.2, 0.25) is 5.02 Å². The number of aliphatic carboxylic acids is 1. The number of hydrogen-bond acceptors (Lipinski definition) is 4. The average Bonchev–Trinajstić information content (AvgIpc) is 3.10. The van der Waals surface area contributed by atoms with Crippen molar-refractivity contribution in [3.8, 4) is 11.3 Å².